The predicted molar refractivity (Wildman–Crippen MR) is 114 cm³/mol. The number of nitrogens with zero attached hydrogens (tertiary/aromatic N) is 2. The lowest BCUT2D eigenvalue weighted by atomic mass is 10.2. The van der Waals surface area contributed by atoms with E-state index in [0.29, 0.717) is 18.1 Å². The zero-order valence-electron chi connectivity index (χ0n) is 15.3. The molecule has 2 heterocycles. The molecule has 7 heteroatoms. The molecular weight excluding hydrogens is 370 g/mol. The fourth-order valence-corrected chi connectivity index (χ4v) is 3.63. The van der Waals surface area contributed by atoms with Gasteiger partial charge in [0.05, 0.1) is 10.2 Å². The van der Waals surface area contributed by atoms with Crippen molar-refractivity contribution in [2.24, 2.45) is 0 Å². The number of amides is 1. The molecule has 0 radical (unpaired) electrons. The van der Waals surface area contributed by atoms with Crippen LogP contribution >= 0.6 is 11.3 Å². The molecule has 0 saturated heterocycles. The van der Waals surface area contributed by atoms with E-state index >= 15 is 0 Å². The van der Waals surface area contributed by atoms with E-state index in [1.54, 1.807) is 23.5 Å². The van der Waals surface area contributed by atoms with E-state index in [2.05, 4.69) is 25.9 Å². The van der Waals surface area contributed by atoms with Gasteiger partial charge in [-0.15, -0.1) is 11.3 Å². The average Bonchev–Trinajstić information content (AvgIpc) is 3.21. The van der Waals surface area contributed by atoms with E-state index in [-0.39, 0.29) is 5.91 Å². The summed E-state index contributed by atoms with van der Waals surface area (Å²) >= 11 is 1.60. The first kappa shape index (κ1) is 17.9. The second-order valence-electron chi connectivity index (χ2n) is 6.15. The largest absolute Gasteiger partial charge is 0.372 e. The van der Waals surface area contributed by atoms with E-state index in [9.17, 15) is 4.79 Å². The Morgan fingerprint density at radius 1 is 1.00 bits per heavy atom. The molecule has 0 aliphatic rings. The van der Waals surface area contributed by atoms with Crippen LogP contribution in [0.25, 0.3) is 10.2 Å². The van der Waals surface area contributed by atoms with Gasteiger partial charge < -0.3 is 16.0 Å². The zero-order valence-corrected chi connectivity index (χ0v) is 16.1. The topological polar surface area (TPSA) is 78.9 Å². The van der Waals surface area contributed by atoms with Gasteiger partial charge in [0.2, 0.25) is 5.95 Å². The van der Waals surface area contributed by atoms with Crippen LogP contribution < -0.4 is 16.0 Å². The lowest BCUT2D eigenvalue weighted by molar-refractivity contribution is 0.0951. The smallest absolute Gasteiger partial charge is 0.251 e. The summed E-state index contributed by atoms with van der Waals surface area (Å²) in [4.78, 5) is 21.4. The highest BCUT2D eigenvalue weighted by Gasteiger charge is 2.09. The van der Waals surface area contributed by atoms with Crippen molar-refractivity contribution >= 4 is 44.9 Å². The minimum atomic E-state index is -0.108. The SMILES string of the molecule is CNc1nc(Nc2ccc(C(=O)NCc3ccccc3)cc2)nc2ccsc12. The molecule has 0 saturated carbocycles. The molecule has 6 nitrogen and oxygen atoms in total. The number of rotatable bonds is 6. The van der Waals surface area contributed by atoms with E-state index in [1.165, 1.54) is 0 Å². The Balaban J connectivity index is 1.44. The van der Waals surface area contributed by atoms with Crippen LogP contribution in [-0.2, 0) is 6.54 Å². The van der Waals surface area contributed by atoms with Gasteiger partial charge in [0, 0.05) is 24.8 Å². The van der Waals surface area contributed by atoms with Crippen LogP contribution in [-0.4, -0.2) is 22.9 Å². The lowest BCUT2D eigenvalue weighted by Crippen LogP contribution is -2.22. The molecule has 0 unspecified atom stereocenters. The first-order chi connectivity index (χ1) is 13.7. The summed E-state index contributed by atoms with van der Waals surface area (Å²) in [5, 5.41) is 11.2. The second-order valence-corrected chi connectivity index (χ2v) is 7.07. The van der Waals surface area contributed by atoms with Crippen molar-refractivity contribution in [3.8, 4) is 0 Å². The van der Waals surface area contributed by atoms with Crippen LogP contribution in [0.1, 0.15) is 15.9 Å². The average molecular weight is 389 g/mol. The monoisotopic (exact) mass is 389 g/mol. The zero-order chi connectivity index (χ0) is 19.3. The molecule has 0 atom stereocenters. The Hall–Kier alpha value is -3.45. The lowest BCUT2D eigenvalue weighted by Gasteiger charge is -2.09. The van der Waals surface area contributed by atoms with Crippen LogP contribution in [0.4, 0.5) is 17.5 Å². The summed E-state index contributed by atoms with van der Waals surface area (Å²) in [7, 11) is 1.84. The number of benzene rings is 2. The van der Waals surface area contributed by atoms with Crippen molar-refractivity contribution in [3.05, 3.63) is 77.2 Å². The van der Waals surface area contributed by atoms with Gasteiger partial charge >= 0.3 is 0 Å². The molecule has 0 aliphatic carbocycles. The van der Waals surface area contributed by atoms with Crippen molar-refractivity contribution in [1.82, 2.24) is 15.3 Å². The number of carbonyl (C=O) groups is 1. The normalized spacial score (nSPS) is 10.6. The molecule has 0 aliphatic heterocycles. The summed E-state index contributed by atoms with van der Waals surface area (Å²) in [5.41, 5.74) is 3.38. The molecule has 0 spiro atoms. The number of nitrogens with one attached hydrogen (secondary N) is 3. The third-order valence-electron chi connectivity index (χ3n) is 4.24. The molecule has 0 fully saturated rings. The van der Waals surface area contributed by atoms with Gasteiger partial charge in [-0.1, -0.05) is 30.3 Å². The van der Waals surface area contributed by atoms with Crippen molar-refractivity contribution in [3.63, 3.8) is 0 Å². The highest BCUT2D eigenvalue weighted by atomic mass is 32.1. The Morgan fingerprint density at radius 2 is 1.79 bits per heavy atom. The highest BCUT2D eigenvalue weighted by Crippen LogP contribution is 2.27. The summed E-state index contributed by atoms with van der Waals surface area (Å²) < 4.78 is 1.03. The van der Waals surface area contributed by atoms with E-state index in [1.807, 2.05) is 61.0 Å². The quantitative estimate of drug-likeness (QED) is 0.455. The summed E-state index contributed by atoms with van der Waals surface area (Å²) in [5.74, 6) is 1.19. The maximum absolute atomic E-state index is 12.3. The van der Waals surface area contributed by atoms with Crippen molar-refractivity contribution in [2.75, 3.05) is 17.7 Å². The van der Waals surface area contributed by atoms with Crippen LogP contribution in [0.5, 0.6) is 0 Å². The fourth-order valence-electron chi connectivity index (χ4n) is 2.80. The summed E-state index contributed by atoms with van der Waals surface area (Å²) in [6.45, 7) is 0.501. The van der Waals surface area contributed by atoms with Crippen LogP contribution in [0, 0.1) is 0 Å². The number of hydrogen-bond donors (Lipinski definition) is 3. The molecule has 4 aromatic rings. The molecule has 0 bridgehead atoms. The van der Waals surface area contributed by atoms with Gasteiger partial charge in [0.15, 0.2) is 0 Å². The first-order valence-electron chi connectivity index (χ1n) is 8.85. The molecule has 2 aromatic carbocycles. The second kappa shape index (κ2) is 8.06. The van der Waals surface area contributed by atoms with Gasteiger partial charge in [0.1, 0.15) is 5.82 Å². The van der Waals surface area contributed by atoms with Crippen LogP contribution in [0.15, 0.2) is 66.0 Å². The minimum Gasteiger partial charge on any atom is -0.372 e. The molecule has 140 valence electrons. The van der Waals surface area contributed by atoms with Gasteiger partial charge in [0.25, 0.3) is 5.91 Å². The number of fused-ring (bicyclic) bond motifs is 1. The summed E-state index contributed by atoms with van der Waals surface area (Å²) in [6.07, 6.45) is 0. The number of thiophene rings is 1. The summed E-state index contributed by atoms with van der Waals surface area (Å²) in [6, 6.07) is 19.1. The molecule has 4 rings (SSSR count). The van der Waals surface area contributed by atoms with E-state index < -0.39 is 0 Å². The molecule has 2 aromatic heterocycles. The standard InChI is InChI=1S/C21H19N5OS/c1-22-19-18-17(11-12-28-18)25-21(26-19)24-16-9-7-15(8-10-16)20(27)23-13-14-5-3-2-4-6-14/h2-12H,13H2,1H3,(H,23,27)(H2,22,24,25,26). The van der Waals surface area contributed by atoms with Crippen molar-refractivity contribution in [2.45, 2.75) is 6.54 Å². The van der Waals surface area contributed by atoms with Crippen molar-refractivity contribution in [1.29, 1.82) is 0 Å². The molecule has 3 N–H and O–H groups in total. The number of hydrogen-bond acceptors (Lipinski definition) is 6. The Kier molecular flexibility index (Phi) is 5.16. The van der Waals surface area contributed by atoms with Gasteiger partial charge in [-0.2, -0.15) is 4.98 Å². The molecule has 28 heavy (non-hydrogen) atoms. The fraction of sp³-hybridized carbons (Fsp3) is 0.0952. The Bertz CT molecular complexity index is 1090. The maximum atomic E-state index is 12.3. The number of carbonyl (C=O) groups excluding carboxylic acids is 1. The van der Waals surface area contributed by atoms with Crippen LogP contribution in [0.2, 0.25) is 0 Å². The Morgan fingerprint density at radius 3 is 2.54 bits per heavy atom. The van der Waals surface area contributed by atoms with Gasteiger partial charge in [-0.3, -0.25) is 4.79 Å². The Labute approximate surface area is 166 Å². The van der Waals surface area contributed by atoms with Crippen LogP contribution in [0.3, 0.4) is 0 Å². The third-order valence-corrected chi connectivity index (χ3v) is 5.15. The third kappa shape index (κ3) is 3.94. The number of anilines is 3. The molecular formula is C21H19N5OS. The minimum absolute atomic E-state index is 0.108. The molecule has 1 amide bonds. The highest BCUT2D eigenvalue weighted by molar-refractivity contribution is 7.17. The number of aromatic nitrogens is 2. The van der Waals surface area contributed by atoms with E-state index in [4.69, 9.17) is 0 Å². The van der Waals surface area contributed by atoms with Crippen molar-refractivity contribution < 1.29 is 4.79 Å². The first-order valence-corrected chi connectivity index (χ1v) is 9.73. The predicted octanol–water partition coefficient (Wildman–Crippen LogP) is 4.41. The van der Waals surface area contributed by atoms with E-state index in [0.717, 1.165) is 27.3 Å². The maximum Gasteiger partial charge on any atom is 0.251 e. The van der Waals surface area contributed by atoms with Gasteiger partial charge in [-0.05, 0) is 41.3 Å². The van der Waals surface area contributed by atoms with Gasteiger partial charge in [-0.25, -0.2) is 4.98 Å².